The van der Waals surface area contributed by atoms with E-state index in [2.05, 4.69) is 25.3 Å². The van der Waals surface area contributed by atoms with E-state index in [-0.39, 0.29) is 28.5 Å². The minimum absolute atomic E-state index is 0.0116. The van der Waals surface area contributed by atoms with Crippen molar-refractivity contribution in [3.05, 3.63) is 53.6 Å². The lowest BCUT2D eigenvalue weighted by Gasteiger charge is -2.14. The van der Waals surface area contributed by atoms with E-state index in [1.807, 2.05) is 13.8 Å². The van der Waals surface area contributed by atoms with E-state index in [0.29, 0.717) is 22.8 Å². The molecule has 0 bridgehead atoms. The van der Waals surface area contributed by atoms with Crippen LogP contribution < -0.4 is 15.4 Å². The first-order chi connectivity index (χ1) is 14.1. The monoisotopic (exact) mass is 438 g/mol. The molecule has 0 atom stereocenters. The zero-order valence-electron chi connectivity index (χ0n) is 16.0. The second-order valence-corrected chi connectivity index (χ2v) is 7.03. The topological polar surface area (TPSA) is 79.3 Å². The minimum atomic E-state index is -4.79. The second kappa shape index (κ2) is 8.66. The van der Waals surface area contributed by atoms with Gasteiger partial charge in [-0.15, -0.1) is 13.2 Å². The van der Waals surface area contributed by atoms with Crippen LogP contribution in [-0.2, 0) is 0 Å². The lowest BCUT2D eigenvalue weighted by molar-refractivity contribution is -0.274. The number of hydrogen-bond acceptors (Lipinski definition) is 6. The average molecular weight is 439 g/mol. The maximum absolute atomic E-state index is 12.6. The molecule has 0 spiro atoms. The van der Waals surface area contributed by atoms with Gasteiger partial charge < -0.3 is 20.5 Å². The lowest BCUT2D eigenvalue weighted by Crippen LogP contribution is -2.17. The Morgan fingerprint density at radius 1 is 1.07 bits per heavy atom. The SMILES string of the molecule is CC(C)Nc1nc(Nc2ccc(O)cc2Cl)cc(-c2cccc(OC(F)(F)F)c2)n1. The summed E-state index contributed by atoms with van der Waals surface area (Å²) in [5.74, 6) is 0.297. The number of aromatic nitrogens is 2. The third kappa shape index (κ3) is 5.90. The molecule has 0 aliphatic rings. The van der Waals surface area contributed by atoms with Crippen LogP contribution in [0.25, 0.3) is 11.3 Å². The van der Waals surface area contributed by atoms with Crippen LogP contribution in [0.1, 0.15) is 13.8 Å². The molecule has 0 unspecified atom stereocenters. The van der Waals surface area contributed by atoms with Gasteiger partial charge in [-0.25, -0.2) is 4.98 Å². The number of aromatic hydroxyl groups is 1. The van der Waals surface area contributed by atoms with E-state index in [9.17, 15) is 18.3 Å². The fraction of sp³-hybridized carbons (Fsp3) is 0.200. The molecule has 3 rings (SSSR count). The molecular formula is C20H18ClF3N4O2. The number of rotatable bonds is 6. The molecule has 3 N–H and O–H groups in total. The Hall–Kier alpha value is -3.20. The smallest absolute Gasteiger partial charge is 0.508 e. The molecule has 0 aliphatic heterocycles. The Balaban J connectivity index is 2.00. The predicted molar refractivity (Wildman–Crippen MR) is 109 cm³/mol. The summed E-state index contributed by atoms with van der Waals surface area (Å²) < 4.78 is 41.7. The van der Waals surface area contributed by atoms with Crippen molar-refractivity contribution in [1.29, 1.82) is 0 Å². The summed E-state index contributed by atoms with van der Waals surface area (Å²) in [7, 11) is 0. The Kier molecular flexibility index (Phi) is 6.21. The minimum Gasteiger partial charge on any atom is -0.508 e. The third-order valence-corrected chi connectivity index (χ3v) is 4.04. The molecule has 30 heavy (non-hydrogen) atoms. The maximum atomic E-state index is 12.6. The van der Waals surface area contributed by atoms with E-state index >= 15 is 0 Å². The van der Waals surface area contributed by atoms with Gasteiger partial charge >= 0.3 is 6.36 Å². The number of halogens is 4. The van der Waals surface area contributed by atoms with Crippen LogP contribution in [0, 0.1) is 0 Å². The maximum Gasteiger partial charge on any atom is 0.573 e. The Morgan fingerprint density at radius 3 is 2.50 bits per heavy atom. The molecule has 2 aromatic carbocycles. The number of nitrogens with one attached hydrogen (secondary N) is 2. The second-order valence-electron chi connectivity index (χ2n) is 6.63. The van der Waals surface area contributed by atoms with Crippen LogP contribution in [0.3, 0.4) is 0 Å². The molecule has 0 radical (unpaired) electrons. The number of alkyl halides is 3. The van der Waals surface area contributed by atoms with E-state index in [1.54, 1.807) is 18.2 Å². The number of phenols is 1. The van der Waals surface area contributed by atoms with Crippen LogP contribution >= 0.6 is 11.6 Å². The number of phenolic OH excluding ortho intramolecular Hbond substituents is 1. The number of benzene rings is 2. The summed E-state index contributed by atoms with van der Waals surface area (Å²) >= 11 is 6.14. The quantitative estimate of drug-likeness (QED) is 0.412. The summed E-state index contributed by atoms with van der Waals surface area (Å²) in [6.45, 7) is 3.80. The first-order valence-corrected chi connectivity index (χ1v) is 9.24. The zero-order chi connectivity index (χ0) is 21.9. The van der Waals surface area contributed by atoms with Gasteiger partial charge in [0.25, 0.3) is 0 Å². The fourth-order valence-corrected chi connectivity index (χ4v) is 2.80. The van der Waals surface area contributed by atoms with Gasteiger partial charge in [-0.2, -0.15) is 4.98 Å². The first kappa shape index (κ1) is 21.5. The highest BCUT2D eigenvalue weighted by Gasteiger charge is 2.31. The average Bonchev–Trinajstić information content (AvgIpc) is 2.62. The highest BCUT2D eigenvalue weighted by atomic mass is 35.5. The molecule has 0 saturated heterocycles. The first-order valence-electron chi connectivity index (χ1n) is 8.86. The summed E-state index contributed by atoms with van der Waals surface area (Å²) in [5.41, 5.74) is 1.27. The van der Waals surface area contributed by atoms with E-state index < -0.39 is 6.36 Å². The molecule has 0 fully saturated rings. The molecule has 0 aliphatic carbocycles. The highest BCUT2D eigenvalue weighted by molar-refractivity contribution is 6.33. The van der Waals surface area contributed by atoms with Crippen molar-refractivity contribution in [2.24, 2.45) is 0 Å². The van der Waals surface area contributed by atoms with Gasteiger partial charge in [-0.1, -0.05) is 23.7 Å². The highest BCUT2D eigenvalue weighted by Crippen LogP contribution is 2.31. The molecule has 0 saturated carbocycles. The van der Waals surface area contributed by atoms with Crippen molar-refractivity contribution in [3.8, 4) is 22.8 Å². The van der Waals surface area contributed by atoms with Crippen LogP contribution in [-0.4, -0.2) is 27.5 Å². The van der Waals surface area contributed by atoms with E-state index in [0.717, 1.165) is 0 Å². The van der Waals surface area contributed by atoms with Gasteiger partial charge in [0.15, 0.2) is 0 Å². The molecule has 158 valence electrons. The van der Waals surface area contributed by atoms with Crippen molar-refractivity contribution in [3.63, 3.8) is 0 Å². The summed E-state index contributed by atoms with van der Waals surface area (Å²) in [6, 6.07) is 11.5. The van der Waals surface area contributed by atoms with Gasteiger partial charge in [0.05, 0.1) is 16.4 Å². The molecule has 6 nitrogen and oxygen atoms in total. The molecule has 10 heteroatoms. The zero-order valence-corrected chi connectivity index (χ0v) is 16.7. The van der Waals surface area contributed by atoms with Gasteiger partial charge in [0.1, 0.15) is 17.3 Å². The van der Waals surface area contributed by atoms with Crippen LogP contribution in [0.2, 0.25) is 5.02 Å². The van der Waals surface area contributed by atoms with Crippen LogP contribution in [0.15, 0.2) is 48.5 Å². The van der Waals surface area contributed by atoms with Crippen molar-refractivity contribution in [2.45, 2.75) is 26.3 Å². The largest absolute Gasteiger partial charge is 0.573 e. The molecule has 1 heterocycles. The Morgan fingerprint density at radius 2 is 1.83 bits per heavy atom. The van der Waals surface area contributed by atoms with Crippen molar-refractivity contribution in [1.82, 2.24) is 9.97 Å². The standard InChI is InChI=1S/C20H18ClF3N4O2/c1-11(2)25-19-27-17(12-4-3-5-14(8-12)30-20(22,23)24)10-18(28-19)26-16-7-6-13(29)9-15(16)21/h3-11,29H,1-2H3,(H2,25,26,27,28). The van der Waals surface area contributed by atoms with Gasteiger partial charge in [-0.3, -0.25) is 0 Å². The fourth-order valence-electron chi connectivity index (χ4n) is 2.58. The van der Waals surface area contributed by atoms with Gasteiger partial charge in [0.2, 0.25) is 5.95 Å². The molecule has 0 amide bonds. The summed E-state index contributed by atoms with van der Waals surface area (Å²) in [5, 5.41) is 15.9. The molecule has 1 aromatic heterocycles. The van der Waals surface area contributed by atoms with Crippen molar-refractivity contribution in [2.75, 3.05) is 10.6 Å². The van der Waals surface area contributed by atoms with Crippen LogP contribution in [0.4, 0.5) is 30.6 Å². The van der Waals surface area contributed by atoms with Crippen LogP contribution in [0.5, 0.6) is 11.5 Å². The van der Waals surface area contributed by atoms with Gasteiger partial charge in [-0.05, 0) is 38.1 Å². The molecular weight excluding hydrogens is 421 g/mol. The van der Waals surface area contributed by atoms with Crippen molar-refractivity contribution < 1.29 is 23.0 Å². The Bertz CT molecular complexity index is 1040. The summed E-state index contributed by atoms with van der Waals surface area (Å²) in [4.78, 5) is 8.76. The summed E-state index contributed by atoms with van der Waals surface area (Å²) in [6.07, 6.45) is -4.79. The normalized spacial score (nSPS) is 11.4. The molecule has 3 aromatic rings. The van der Waals surface area contributed by atoms with E-state index in [4.69, 9.17) is 11.6 Å². The lowest BCUT2D eigenvalue weighted by atomic mass is 10.1. The number of anilines is 3. The Labute approximate surface area is 175 Å². The van der Waals surface area contributed by atoms with E-state index in [1.165, 1.54) is 30.3 Å². The number of ether oxygens (including phenoxy) is 1. The number of nitrogens with zero attached hydrogens (tertiary/aromatic N) is 2. The van der Waals surface area contributed by atoms with Crippen molar-refractivity contribution >= 4 is 29.1 Å². The predicted octanol–water partition coefficient (Wildman–Crippen LogP) is 5.97. The van der Waals surface area contributed by atoms with Gasteiger partial charge in [0, 0.05) is 23.7 Å². The third-order valence-electron chi connectivity index (χ3n) is 3.72. The number of hydrogen-bond donors (Lipinski definition) is 3.